The molecule has 0 aliphatic rings. The van der Waals surface area contributed by atoms with E-state index in [9.17, 15) is 4.79 Å². The zero-order chi connectivity index (χ0) is 11.7. The quantitative estimate of drug-likeness (QED) is 0.860. The fourth-order valence-corrected chi connectivity index (χ4v) is 2.27. The van der Waals surface area contributed by atoms with Gasteiger partial charge < -0.3 is 10.0 Å². The van der Waals surface area contributed by atoms with Gasteiger partial charge in [0, 0.05) is 30.9 Å². The van der Waals surface area contributed by atoms with Crippen LogP contribution in [0.15, 0.2) is 12.4 Å². The van der Waals surface area contributed by atoms with Gasteiger partial charge in [0.05, 0.1) is 6.61 Å². The number of aliphatic hydroxyl groups excluding tert-OH is 1. The number of rotatable bonds is 3. The molecule has 2 aromatic heterocycles. The van der Waals surface area contributed by atoms with E-state index in [1.54, 1.807) is 24.6 Å². The summed E-state index contributed by atoms with van der Waals surface area (Å²) in [5.74, 6) is -0.164. The molecule has 0 saturated heterocycles. The van der Waals surface area contributed by atoms with Crippen molar-refractivity contribution in [1.29, 1.82) is 0 Å². The highest BCUT2D eigenvalue weighted by molar-refractivity contribution is 7.17. The average Bonchev–Trinajstić information content (AvgIpc) is 2.73. The molecule has 0 unspecified atom stereocenters. The van der Waals surface area contributed by atoms with Crippen molar-refractivity contribution in [3.63, 3.8) is 0 Å². The van der Waals surface area contributed by atoms with Crippen LogP contribution in [0.25, 0.3) is 4.96 Å². The Kier molecular flexibility index (Phi) is 2.93. The maximum absolute atomic E-state index is 11.8. The van der Waals surface area contributed by atoms with Crippen LogP contribution in [-0.2, 0) is 0 Å². The van der Waals surface area contributed by atoms with Crippen LogP contribution < -0.4 is 0 Å². The Labute approximate surface area is 96.9 Å². The van der Waals surface area contributed by atoms with E-state index in [1.807, 2.05) is 17.5 Å². The van der Waals surface area contributed by atoms with Crippen molar-refractivity contribution >= 4 is 22.2 Å². The Morgan fingerprint density at radius 3 is 3.00 bits per heavy atom. The number of aliphatic hydroxyl groups is 1. The fourth-order valence-electron chi connectivity index (χ4n) is 1.46. The van der Waals surface area contributed by atoms with Crippen LogP contribution in [0.5, 0.6) is 0 Å². The van der Waals surface area contributed by atoms with Crippen molar-refractivity contribution in [2.75, 3.05) is 20.2 Å². The Hall–Kier alpha value is -1.40. The number of imidazole rings is 1. The molecule has 0 spiro atoms. The minimum atomic E-state index is -0.164. The standard InChI is InChI=1S/C10H13N3O2S/c1-7-5-13-6-8(11-10(13)16-7)9(15)12(2)3-4-14/h5-6,14H,3-4H2,1-2H3. The number of aromatic nitrogens is 2. The normalized spacial score (nSPS) is 10.9. The molecule has 16 heavy (non-hydrogen) atoms. The third kappa shape index (κ3) is 1.94. The third-order valence-electron chi connectivity index (χ3n) is 2.27. The number of nitrogens with zero attached hydrogens (tertiary/aromatic N) is 3. The molecule has 2 rings (SSSR count). The molecular weight excluding hydrogens is 226 g/mol. The number of aryl methyl sites for hydroxylation is 1. The van der Waals surface area contributed by atoms with E-state index in [0.717, 1.165) is 9.84 Å². The van der Waals surface area contributed by atoms with Crippen molar-refractivity contribution in [3.8, 4) is 0 Å². The molecule has 1 amide bonds. The maximum Gasteiger partial charge on any atom is 0.273 e. The molecule has 6 heteroatoms. The van der Waals surface area contributed by atoms with Crippen LogP contribution >= 0.6 is 11.3 Å². The lowest BCUT2D eigenvalue weighted by atomic mass is 10.4. The number of thiazole rings is 1. The molecule has 0 bridgehead atoms. The SMILES string of the molecule is Cc1cn2cc(C(=O)N(C)CCO)nc2s1. The average molecular weight is 239 g/mol. The molecule has 0 aromatic carbocycles. The number of amides is 1. The summed E-state index contributed by atoms with van der Waals surface area (Å²) in [7, 11) is 1.65. The summed E-state index contributed by atoms with van der Waals surface area (Å²) in [6.07, 6.45) is 3.66. The van der Waals surface area contributed by atoms with Gasteiger partial charge in [-0.05, 0) is 6.92 Å². The second kappa shape index (κ2) is 4.23. The zero-order valence-electron chi connectivity index (χ0n) is 9.17. The Balaban J connectivity index is 2.26. The molecule has 86 valence electrons. The van der Waals surface area contributed by atoms with Gasteiger partial charge in [-0.15, -0.1) is 11.3 Å². The molecule has 1 N–H and O–H groups in total. The highest BCUT2D eigenvalue weighted by Gasteiger charge is 2.15. The molecule has 2 heterocycles. The minimum absolute atomic E-state index is 0.0381. The summed E-state index contributed by atoms with van der Waals surface area (Å²) in [4.78, 5) is 19.5. The lowest BCUT2D eigenvalue weighted by Crippen LogP contribution is -2.29. The second-order valence-electron chi connectivity index (χ2n) is 3.61. The summed E-state index contributed by atoms with van der Waals surface area (Å²) < 4.78 is 1.85. The van der Waals surface area contributed by atoms with Crippen LogP contribution in [0, 0.1) is 6.92 Å². The predicted octanol–water partition coefficient (Wildman–Crippen LogP) is 0.769. The molecule has 0 atom stereocenters. The first-order chi connectivity index (χ1) is 7.61. The minimum Gasteiger partial charge on any atom is -0.395 e. The lowest BCUT2D eigenvalue weighted by Gasteiger charge is -2.13. The molecule has 0 saturated carbocycles. The molecule has 5 nitrogen and oxygen atoms in total. The fraction of sp³-hybridized carbons (Fsp3) is 0.400. The van der Waals surface area contributed by atoms with Crippen LogP contribution in [0.4, 0.5) is 0 Å². The van der Waals surface area contributed by atoms with E-state index in [2.05, 4.69) is 4.98 Å². The monoisotopic (exact) mass is 239 g/mol. The van der Waals surface area contributed by atoms with E-state index in [0.29, 0.717) is 12.2 Å². The summed E-state index contributed by atoms with van der Waals surface area (Å²) in [5.41, 5.74) is 0.419. The van der Waals surface area contributed by atoms with E-state index in [-0.39, 0.29) is 12.5 Å². The van der Waals surface area contributed by atoms with Crippen LogP contribution in [-0.4, -0.2) is 45.5 Å². The van der Waals surface area contributed by atoms with Gasteiger partial charge in [-0.2, -0.15) is 0 Å². The number of carbonyl (C=O) groups is 1. The lowest BCUT2D eigenvalue weighted by molar-refractivity contribution is 0.0762. The second-order valence-corrected chi connectivity index (χ2v) is 4.82. The smallest absolute Gasteiger partial charge is 0.273 e. The summed E-state index contributed by atoms with van der Waals surface area (Å²) >= 11 is 1.55. The van der Waals surface area contributed by atoms with E-state index in [1.165, 1.54) is 4.90 Å². The Morgan fingerprint density at radius 2 is 2.38 bits per heavy atom. The first-order valence-corrected chi connectivity index (χ1v) is 5.75. The highest BCUT2D eigenvalue weighted by Crippen LogP contribution is 2.17. The summed E-state index contributed by atoms with van der Waals surface area (Å²) in [5, 5.41) is 8.75. The van der Waals surface area contributed by atoms with E-state index < -0.39 is 0 Å². The number of fused-ring (bicyclic) bond motifs is 1. The zero-order valence-corrected chi connectivity index (χ0v) is 9.99. The first-order valence-electron chi connectivity index (χ1n) is 4.93. The first kappa shape index (κ1) is 11.1. The number of hydrogen-bond acceptors (Lipinski definition) is 4. The highest BCUT2D eigenvalue weighted by atomic mass is 32.1. The van der Waals surface area contributed by atoms with Gasteiger partial charge >= 0.3 is 0 Å². The largest absolute Gasteiger partial charge is 0.395 e. The number of hydrogen-bond donors (Lipinski definition) is 1. The summed E-state index contributed by atoms with van der Waals surface area (Å²) in [6.45, 7) is 2.28. The van der Waals surface area contributed by atoms with Gasteiger partial charge in [0.15, 0.2) is 4.96 Å². The Bertz CT molecular complexity index is 486. The van der Waals surface area contributed by atoms with Gasteiger partial charge in [-0.25, -0.2) is 4.98 Å². The van der Waals surface area contributed by atoms with Crippen molar-refractivity contribution in [3.05, 3.63) is 23.0 Å². The molecule has 0 radical (unpaired) electrons. The van der Waals surface area contributed by atoms with Crippen LogP contribution in [0.3, 0.4) is 0 Å². The number of carbonyl (C=O) groups excluding carboxylic acids is 1. The van der Waals surface area contributed by atoms with Crippen LogP contribution in [0.2, 0.25) is 0 Å². The van der Waals surface area contributed by atoms with Gasteiger partial charge in [0.2, 0.25) is 0 Å². The van der Waals surface area contributed by atoms with Crippen molar-refractivity contribution in [2.24, 2.45) is 0 Å². The molecule has 0 aliphatic carbocycles. The van der Waals surface area contributed by atoms with Gasteiger partial charge in [0.1, 0.15) is 5.69 Å². The summed E-state index contributed by atoms with van der Waals surface area (Å²) in [6, 6.07) is 0. The van der Waals surface area contributed by atoms with Gasteiger partial charge in [-0.3, -0.25) is 9.20 Å². The molecule has 0 fully saturated rings. The van der Waals surface area contributed by atoms with Crippen molar-refractivity contribution < 1.29 is 9.90 Å². The third-order valence-corrected chi connectivity index (χ3v) is 3.18. The molecule has 2 aromatic rings. The van der Waals surface area contributed by atoms with Gasteiger partial charge in [-0.1, -0.05) is 0 Å². The molecular formula is C10H13N3O2S. The predicted molar refractivity (Wildman–Crippen MR) is 61.9 cm³/mol. The topological polar surface area (TPSA) is 57.8 Å². The molecule has 0 aliphatic heterocycles. The Morgan fingerprint density at radius 1 is 1.62 bits per heavy atom. The van der Waals surface area contributed by atoms with E-state index >= 15 is 0 Å². The van der Waals surface area contributed by atoms with Crippen molar-refractivity contribution in [2.45, 2.75) is 6.92 Å². The van der Waals surface area contributed by atoms with E-state index in [4.69, 9.17) is 5.11 Å². The maximum atomic E-state index is 11.8. The van der Waals surface area contributed by atoms with Crippen LogP contribution in [0.1, 0.15) is 15.4 Å². The van der Waals surface area contributed by atoms with Gasteiger partial charge in [0.25, 0.3) is 5.91 Å². The van der Waals surface area contributed by atoms with Crippen molar-refractivity contribution in [1.82, 2.24) is 14.3 Å². The number of likely N-dealkylation sites (N-methyl/N-ethyl adjacent to an activating group) is 1.